The third-order valence-electron chi connectivity index (χ3n) is 5.13. The van der Waals surface area contributed by atoms with Crippen molar-refractivity contribution in [2.75, 3.05) is 24.3 Å². The van der Waals surface area contributed by atoms with Gasteiger partial charge in [0, 0.05) is 43.2 Å². The third kappa shape index (κ3) is 3.80. The number of H-pyrrole nitrogens is 1. The number of aryl methyl sites for hydroxylation is 3. The molecule has 146 valence electrons. The van der Waals surface area contributed by atoms with Gasteiger partial charge in [-0.15, -0.1) is 11.3 Å². The van der Waals surface area contributed by atoms with Crippen molar-refractivity contribution in [2.24, 2.45) is 0 Å². The van der Waals surface area contributed by atoms with E-state index in [1.165, 1.54) is 16.9 Å². The van der Waals surface area contributed by atoms with Crippen LogP contribution in [0.15, 0.2) is 29.1 Å². The Balaban J connectivity index is 1.43. The Morgan fingerprint density at radius 3 is 2.71 bits per heavy atom. The molecule has 1 amide bonds. The van der Waals surface area contributed by atoms with Crippen molar-refractivity contribution in [1.29, 1.82) is 0 Å². The number of aromatic amines is 1. The quantitative estimate of drug-likeness (QED) is 0.692. The van der Waals surface area contributed by atoms with E-state index in [-0.39, 0.29) is 17.9 Å². The van der Waals surface area contributed by atoms with Gasteiger partial charge in [0.05, 0.1) is 5.39 Å². The van der Waals surface area contributed by atoms with E-state index in [1.54, 1.807) is 11.3 Å². The van der Waals surface area contributed by atoms with Crippen LogP contribution in [0.2, 0.25) is 0 Å². The Bertz CT molecular complexity index is 1070. The molecule has 6 nitrogen and oxygen atoms in total. The molecule has 4 rings (SSSR count). The molecular weight excluding hydrogens is 372 g/mol. The van der Waals surface area contributed by atoms with Gasteiger partial charge in [-0.05, 0) is 55.5 Å². The lowest BCUT2D eigenvalue weighted by Crippen LogP contribution is -2.16. The standard InChI is InChI=1S/C21H24N4O2S/c1-25(2)14-9-7-13(8-10-14)22-18(26)12-11-17-23-20(27)19-15-5-3-4-6-16(15)28-21(19)24-17/h7-10H,3-6,11-12H2,1-2H3,(H,22,26)(H,23,24,27). The molecule has 0 unspecified atom stereocenters. The molecule has 0 atom stereocenters. The summed E-state index contributed by atoms with van der Waals surface area (Å²) in [6.07, 6.45) is 5.01. The van der Waals surface area contributed by atoms with Crippen LogP contribution in [0.5, 0.6) is 0 Å². The van der Waals surface area contributed by atoms with Crippen LogP contribution in [0.4, 0.5) is 11.4 Å². The fourth-order valence-corrected chi connectivity index (χ4v) is 4.91. The molecule has 1 aliphatic carbocycles. The minimum absolute atomic E-state index is 0.0703. The molecule has 0 bridgehead atoms. The number of aromatic nitrogens is 2. The minimum atomic E-state index is -0.0918. The molecule has 0 fully saturated rings. The lowest BCUT2D eigenvalue weighted by molar-refractivity contribution is -0.116. The first-order valence-corrected chi connectivity index (χ1v) is 10.4. The molecule has 0 spiro atoms. The van der Waals surface area contributed by atoms with Crippen LogP contribution in [-0.4, -0.2) is 30.0 Å². The molecule has 0 radical (unpaired) electrons. The summed E-state index contributed by atoms with van der Waals surface area (Å²) in [5.41, 5.74) is 2.95. The van der Waals surface area contributed by atoms with Crippen LogP contribution in [0.3, 0.4) is 0 Å². The number of nitrogens with zero attached hydrogens (tertiary/aromatic N) is 2. The van der Waals surface area contributed by atoms with E-state index in [4.69, 9.17) is 0 Å². The van der Waals surface area contributed by atoms with E-state index in [9.17, 15) is 9.59 Å². The van der Waals surface area contributed by atoms with Gasteiger partial charge in [-0.25, -0.2) is 4.98 Å². The number of hydrogen-bond donors (Lipinski definition) is 2. The summed E-state index contributed by atoms with van der Waals surface area (Å²) in [7, 11) is 3.95. The number of amides is 1. The number of hydrogen-bond acceptors (Lipinski definition) is 5. The van der Waals surface area contributed by atoms with Crippen molar-refractivity contribution in [1.82, 2.24) is 9.97 Å². The molecule has 1 aliphatic rings. The fourth-order valence-electron chi connectivity index (χ4n) is 3.63. The number of rotatable bonds is 5. The summed E-state index contributed by atoms with van der Waals surface area (Å²) in [5, 5.41) is 3.65. The van der Waals surface area contributed by atoms with E-state index in [2.05, 4.69) is 15.3 Å². The predicted molar refractivity (Wildman–Crippen MR) is 115 cm³/mol. The van der Waals surface area contributed by atoms with E-state index in [0.29, 0.717) is 12.2 Å². The van der Waals surface area contributed by atoms with E-state index >= 15 is 0 Å². The van der Waals surface area contributed by atoms with Crippen LogP contribution in [0, 0.1) is 0 Å². The second-order valence-corrected chi connectivity index (χ2v) is 8.48. The first-order chi connectivity index (χ1) is 13.5. The van der Waals surface area contributed by atoms with Crippen molar-refractivity contribution < 1.29 is 4.79 Å². The van der Waals surface area contributed by atoms with Crippen molar-refractivity contribution in [3.63, 3.8) is 0 Å². The number of carbonyl (C=O) groups excluding carboxylic acids is 1. The first kappa shape index (κ1) is 18.7. The van der Waals surface area contributed by atoms with Crippen LogP contribution < -0.4 is 15.8 Å². The monoisotopic (exact) mass is 396 g/mol. The van der Waals surface area contributed by atoms with Gasteiger partial charge >= 0.3 is 0 Å². The van der Waals surface area contributed by atoms with Crippen LogP contribution in [0.25, 0.3) is 10.2 Å². The molecular formula is C21H24N4O2S. The van der Waals surface area contributed by atoms with Gasteiger partial charge in [-0.1, -0.05) is 0 Å². The third-order valence-corrected chi connectivity index (χ3v) is 6.32. The maximum absolute atomic E-state index is 12.6. The maximum Gasteiger partial charge on any atom is 0.259 e. The topological polar surface area (TPSA) is 78.1 Å². The van der Waals surface area contributed by atoms with E-state index < -0.39 is 0 Å². The van der Waals surface area contributed by atoms with Gasteiger partial charge in [0.15, 0.2) is 0 Å². The zero-order valence-corrected chi connectivity index (χ0v) is 17.0. The lowest BCUT2D eigenvalue weighted by Gasteiger charge is -2.13. The Kier molecular flexibility index (Phi) is 5.17. The van der Waals surface area contributed by atoms with Crippen molar-refractivity contribution in [2.45, 2.75) is 38.5 Å². The molecule has 2 N–H and O–H groups in total. The molecule has 1 aromatic carbocycles. The average Bonchev–Trinajstić information content (AvgIpc) is 3.05. The van der Waals surface area contributed by atoms with Crippen LogP contribution in [0.1, 0.15) is 35.5 Å². The number of thiophene rings is 1. The number of fused-ring (bicyclic) bond motifs is 3. The van der Waals surface area contributed by atoms with Gasteiger partial charge in [0.2, 0.25) is 5.91 Å². The zero-order valence-electron chi connectivity index (χ0n) is 16.2. The largest absolute Gasteiger partial charge is 0.378 e. The predicted octanol–water partition coefficient (Wildman–Crippen LogP) is 3.50. The van der Waals surface area contributed by atoms with Gasteiger partial charge in [-0.2, -0.15) is 0 Å². The van der Waals surface area contributed by atoms with Crippen LogP contribution >= 0.6 is 11.3 Å². The maximum atomic E-state index is 12.6. The Labute approximate surface area is 167 Å². The highest BCUT2D eigenvalue weighted by atomic mass is 32.1. The Hall–Kier alpha value is -2.67. The summed E-state index contributed by atoms with van der Waals surface area (Å²) in [4.78, 5) is 36.5. The fraction of sp³-hybridized carbons (Fsp3) is 0.381. The molecule has 0 saturated carbocycles. The first-order valence-electron chi connectivity index (χ1n) is 9.62. The highest BCUT2D eigenvalue weighted by Crippen LogP contribution is 2.33. The van der Waals surface area contributed by atoms with E-state index in [0.717, 1.165) is 40.9 Å². The summed E-state index contributed by atoms with van der Waals surface area (Å²) in [5.74, 6) is 0.486. The summed E-state index contributed by atoms with van der Waals surface area (Å²) in [6, 6.07) is 7.69. The van der Waals surface area contributed by atoms with Gasteiger partial charge in [0.25, 0.3) is 5.56 Å². The number of carbonyl (C=O) groups is 1. The second-order valence-electron chi connectivity index (χ2n) is 7.39. The highest BCUT2D eigenvalue weighted by molar-refractivity contribution is 7.18. The zero-order chi connectivity index (χ0) is 19.7. The van der Waals surface area contributed by atoms with Crippen LogP contribution in [-0.2, 0) is 24.1 Å². The van der Waals surface area contributed by atoms with Crippen molar-refractivity contribution in [3.8, 4) is 0 Å². The molecule has 28 heavy (non-hydrogen) atoms. The molecule has 0 aliphatic heterocycles. The van der Waals surface area contributed by atoms with Gasteiger partial charge in [0.1, 0.15) is 10.7 Å². The Morgan fingerprint density at radius 1 is 1.21 bits per heavy atom. The molecule has 0 saturated heterocycles. The lowest BCUT2D eigenvalue weighted by atomic mass is 9.97. The summed E-state index contributed by atoms with van der Waals surface area (Å²) >= 11 is 1.63. The summed E-state index contributed by atoms with van der Waals surface area (Å²) < 4.78 is 0. The smallest absolute Gasteiger partial charge is 0.259 e. The van der Waals surface area contributed by atoms with Crippen molar-refractivity contribution in [3.05, 3.63) is 50.9 Å². The summed E-state index contributed by atoms with van der Waals surface area (Å²) in [6.45, 7) is 0. The molecule has 2 heterocycles. The Morgan fingerprint density at radius 2 is 1.96 bits per heavy atom. The number of benzene rings is 1. The van der Waals surface area contributed by atoms with Gasteiger partial charge < -0.3 is 15.2 Å². The average molecular weight is 397 g/mol. The molecule has 7 heteroatoms. The van der Waals surface area contributed by atoms with Crippen molar-refractivity contribution >= 4 is 38.8 Å². The molecule has 3 aromatic rings. The SMILES string of the molecule is CN(C)c1ccc(NC(=O)CCc2nc3sc4c(c3c(=O)[nH]2)CCCC4)cc1. The highest BCUT2D eigenvalue weighted by Gasteiger charge is 2.19. The second kappa shape index (κ2) is 7.75. The van der Waals surface area contributed by atoms with Gasteiger partial charge in [-0.3, -0.25) is 9.59 Å². The normalized spacial score (nSPS) is 13.4. The number of anilines is 2. The molecule has 2 aromatic heterocycles. The van der Waals surface area contributed by atoms with E-state index in [1.807, 2.05) is 43.3 Å². The number of nitrogens with one attached hydrogen (secondary N) is 2. The minimum Gasteiger partial charge on any atom is -0.378 e.